The van der Waals surface area contributed by atoms with Gasteiger partial charge in [0.1, 0.15) is 0 Å². The van der Waals surface area contributed by atoms with Crippen LogP contribution in [0.5, 0.6) is 0 Å². The van der Waals surface area contributed by atoms with E-state index in [0.717, 1.165) is 38.7 Å². The van der Waals surface area contributed by atoms with Crippen molar-refractivity contribution >= 4 is 41.7 Å². The van der Waals surface area contributed by atoms with Crippen LogP contribution in [0, 0.1) is 0 Å². The lowest BCUT2D eigenvalue weighted by Gasteiger charge is -2.35. The summed E-state index contributed by atoms with van der Waals surface area (Å²) in [6.45, 7) is 9.07. The zero-order valence-electron chi connectivity index (χ0n) is 17.7. The van der Waals surface area contributed by atoms with E-state index in [0.29, 0.717) is 12.2 Å². The summed E-state index contributed by atoms with van der Waals surface area (Å²) in [5.74, 6) is 2.10. The molecule has 1 aromatic carbocycles. The molecular weight excluding hydrogens is 483 g/mol. The molecule has 0 amide bonds. The van der Waals surface area contributed by atoms with E-state index in [1.165, 1.54) is 29.7 Å². The lowest BCUT2D eigenvalue weighted by atomic mass is 10.1. The van der Waals surface area contributed by atoms with Crippen molar-refractivity contribution in [2.75, 3.05) is 38.7 Å². The maximum absolute atomic E-state index is 5.82. The summed E-state index contributed by atoms with van der Waals surface area (Å²) in [5.41, 5.74) is 2.63. The molecule has 2 atom stereocenters. The summed E-state index contributed by atoms with van der Waals surface area (Å²) in [5, 5.41) is 6.78. The Kier molecular flexibility index (Phi) is 13.2. The molecule has 1 aromatic rings. The molecule has 2 rings (SSSR count). The molecule has 28 heavy (non-hydrogen) atoms. The molecule has 5 nitrogen and oxygen atoms in total. The van der Waals surface area contributed by atoms with Crippen LogP contribution in [0.15, 0.2) is 29.3 Å². The first kappa shape index (κ1) is 25.5. The molecule has 0 saturated carbocycles. The standard InChI is InChI=1S/C21H36N4OS.HI/c1-17-14-25(15-18(2)26-17)16-20-9-7-19(8-10-20)13-24-21(22-3)23-11-5-6-12-27-4;/h7-10,17-18H,5-6,11-16H2,1-4H3,(H2,22,23,24);1H. The molecule has 0 aliphatic carbocycles. The minimum absolute atomic E-state index is 0. The molecule has 160 valence electrons. The van der Waals surface area contributed by atoms with Crippen LogP contribution >= 0.6 is 35.7 Å². The third-order valence-electron chi connectivity index (χ3n) is 4.68. The van der Waals surface area contributed by atoms with Gasteiger partial charge in [0.25, 0.3) is 0 Å². The summed E-state index contributed by atoms with van der Waals surface area (Å²) in [6.07, 6.45) is 5.21. The monoisotopic (exact) mass is 520 g/mol. The smallest absolute Gasteiger partial charge is 0.191 e. The summed E-state index contributed by atoms with van der Waals surface area (Å²) in [6, 6.07) is 8.89. The number of benzene rings is 1. The first-order valence-electron chi connectivity index (χ1n) is 9.99. The van der Waals surface area contributed by atoms with Crippen LogP contribution in [0.2, 0.25) is 0 Å². The van der Waals surface area contributed by atoms with Gasteiger partial charge in [-0.3, -0.25) is 9.89 Å². The number of nitrogens with zero attached hydrogens (tertiary/aromatic N) is 2. The number of rotatable bonds is 9. The predicted octanol–water partition coefficient (Wildman–Crippen LogP) is 3.72. The molecule has 1 fully saturated rings. The number of halogens is 1. The Morgan fingerprint density at radius 1 is 1.11 bits per heavy atom. The highest BCUT2D eigenvalue weighted by Gasteiger charge is 2.21. The van der Waals surface area contributed by atoms with Gasteiger partial charge in [-0.25, -0.2) is 0 Å². The van der Waals surface area contributed by atoms with E-state index >= 15 is 0 Å². The fourth-order valence-corrected chi connectivity index (χ4v) is 3.91. The Balaban J connectivity index is 0.00000392. The molecule has 1 saturated heterocycles. The molecular formula is C21H37IN4OS. The molecule has 2 unspecified atom stereocenters. The first-order valence-corrected chi connectivity index (χ1v) is 11.4. The van der Waals surface area contributed by atoms with Gasteiger partial charge in [-0.15, -0.1) is 24.0 Å². The fraction of sp³-hybridized carbons (Fsp3) is 0.667. The van der Waals surface area contributed by atoms with Gasteiger partial charge in [-0.2, -0.15) is 11.8 Å². The first-order chi connectivity index (χ1) is 13.1. The summed E-state index contributed by atoms with van der Waals surface area (Å²) >= 11 is 1.90. The zero-order valence-corrected chi connectivity index (χ0v) is 20.9. The van der Waals surface area contributed by atoms with Crippen molar-refractivity contribution in [3.8, 4) is 0 Å². The van der Waals surface area contributed by atoms with Crippen molar-refractivity contribution in [3.05, 3.63) is 35.4 Å². The molecule has 1 aliphatic rings. The van der Waals surface area contributed by atoms with Crippen LogP contribution in [0.1, 0.15) is 37.8 Å². The number of nitrogens with one attached hydrogen (secondary N) is 2. The number of hydrogen-bond acceptors (Lipinski definition) is 4. The average Bonchev–Trinajstić information content (AvgIpc) is 2.64. The highest BCUT2D eigenvalue weighted by molar-refractivity contribution is 14.0. The minimum atomic E-state index is 0. The molecule has 7 heteroatoms. The van der Waals surface area contributed by atoms with Gasteiger partial charge in [-0.05, 0) is 49.8 Å². The van der Waals surface area contributed by atoms with Gasteiger partial charge in [0.2, 0.25) is 0 Å². The average molecular weight is 521 g/mol. The lowest BCUT2D eigenvalue weighted by molar-refractivity contribution is -0.0704. The van der Waals surface area contributed by atoms with Crippen LogP contribution in [-0.2, 0) is 17.8 Å². The van der Waals surface area contributed by atoms with E-state index in [1.807, 2.05) is 18.8 Å². The number of guanidine groups is 1. The van der Waals surface area contributed by atoms with Gasteiger partial charge in [-0.1, -0.05) is 24.3 Å². The van der Waals surface area contributed by atoms with Crippen molar-refractivity contribution in [1.82, 2.24) is 15.5 Å². The molecule has 0 spiro atoms. The second-order valence-corrected chi connectivity index (χ2v) is 8.31. The summed E-state index contributed by atoms with van der Waals surface area (Å²) < 4.78 is 5.82. The van der Waals surface area contributed by atoms with Crippen LogP contribution in [0.3, 0.4) is 0 Å². The maximum atomic E-state index is 5.82. The third kappa shape index (κ3) is 9.80. The largest absolute Gasteiger partial charge is 0.373 e. The van der Waals surface area contributed by atoms with Crippen molar-refractivity contribution < 1.29 is 4.74 Å². The lowest BCUT2D eigenvalue weighted by Crippen LogP contribution is -2.44. The number of hydrogen-bond donors (Lipinski definition) is 2. The number of ether oxygens (including phenoxy) is 1. The highest BCUT2D eigenvalue weighted by Crippen LogP contribution is 2.14. The van der Waals surface area contributed by atoms with Crippen molar-refractivity contribution in [2.24, 2.45) is 4.99 Å². The summed E-state index contributed by atoms with van der Waals surface area (Å²) in [4.78, 5) is 6.78. The van der Waals surface area contributed by atoms with E-state index < -0.39 is 0 Å². The van der Waals surface area contributed by atoms with Crippen molar-refractivity contribution in [2.45, 2.75) is 52.0 Å². The SMILES string of the molecule is CN=C(NCCCCSC)NCc1ccc(CN2CC(C)OC(C)C2)cc1.I. The Morgan fingerprint density at radius 2 is 1.75 bits per heavy atom. The van der Waals surface area contributed by atoms with Gasteiger partial charge < -0.3 is 15.4 Å². The van der Waals surface area contributed by atoms with E-state index in [4.69, 9.17) is 4.74 Å². The third-order valence-corrected chi connectivity index (χ3v) is 5.37. The van der Waals surface area contributed by atoms with E-state index in [9.17, 15) is 0 Å². The Bertz CT molecular complexity index is 560. The second-order valence-electron chi connectivity index (χ2n) is 7.32. The quantitative estimate of drug-likeness (QED) is 0.225. The maximum Gasteiger partial charge on any atom is 0.191 e. The Hall–Kier alpha value is -0.510. The molecule has 1 aliphatic heterocycles. The van der Waals surface area contributed by atoms with E-state index in [-0.39, 0.29) is 24.0 Å². The molecule has 2 N–H and O–H groups in total. The Morgan fingerprint density at radius 3 is 2.36 bits per heavy atom. The number of aliphatic imine (C=N–C) groups is 1. The highest BCUT2D eigenvalue weighted by atomic mass is 127. The number of unbranched alkanes of at least 4 members (excludes halogenated alkanes) is 1. The van der Waals surface area contributed by atoms with Crippen LogP contribution in [0.25, 0.3) is 0 Å². The van der Waals surface area contributed by atoms with E-state index in [2.05, 4.69) is 64.9 Å². The zero-order chi connectivity index (χ0) is 19.5. The van der Waals surface area contributed by atoms with E-state index in [1.54, 1.807) is 0 Å². The normalized spacial score (nSPS) is 20.5. The van der Waals surface area contributed by atoms with Crippen LogP contribution < -0.4 is 10.6 Å². The van der Waals surface area contributed by atoms with Crippen LogP contribution in [-0.4, -0.2) is 61.8 Å². The molecule has 0 aromatic heterocycles. The minimum Gasteiger partial charge on any atom is -0.373 e. The fourth-order valence-electron chi connectivity index (χ4n) is 3.42. The van der Waals surface area contributed by atoms with Gasteiger partial charge >= 0.3 is 0 Å². The summed E-state index contributed by atoms with van der Waals surface area (Å²) in [7, 11) is 1.82. The second kappa shape index (κ2) is 14.5. The van der Waals surface area contributed by atoms with Crippen molar-refractivity contribution in [3.63, 3.8) is 0 Å². The predicted molar refractivity (Wildman–Crippen MR) is 133 cm³/mol. The van der Waals surface area contributed by atoms with Gasteiger partial charge in [0.05, 0.1) is 12.2 Å². The Labute approximate surface area is 192 Å². The molecule has 1 heterocycles. The molecule has 0 radical (unpaired) electrons. The number of thioether (sulfide) groups is 1. The van der Waals surface area contributed by atoms with Crippen molar-refractivity contribution in [1.29, 1.82) is 0 Å². The van der Waals surface area contributed by atoms with Gasteiger partial charge in [0.15, 0.2) is 5.96 Å². The van der Waals surface area contributed by atoms with Gasteiger partial charge in [0, 0.05) is 39.8 Å². The van der Waals surface area contributed by atoms with Crippen LogP contribution in [0.4, 0.5) is 0 Å². The topological polar surface area (TPSA) is 48.9 Å². The number of morpholine rings is 1. The molecule has 0 bridgehead atoms.